The molecule has 2 unspecified atom stereocenters. The molecule has 32 heavy (non-hydrogen) atoms. The van der Waals surface area contributed by atoms with Crippen LogP contribution in [0.1, 0.15) is 48.0 Å². The molecule has 2 saturated heterocycles. The van der Waals surface area contributed by atoms with E-state index in [0.717, 1.165) is 35.7 Å². The average molecular weight is 420 g/mol. The van der Waals surface area contributed by atoms with Crippen molar-refractivity contribution in [2.24, 2.45) is 5.92 Å². The molecule has 4 aromatic carbocycles. The maximum atomic E-state index is 13.9. The Morgan fingerprint density at radius 1 is 0.750 bits per heavy atom. The van der Waals surface area contributed by atoms with Crippen LogP contribution < -0.4 is 0 Å². The van der Waals surface area contributed by atoms with Gasteiger partial charge in [-0.15, -0.1) is 0 Å². The Morgan fingerprint density at radius 2 is 1.38 bits per heavy atom. The number of hydrogen-bond donors (Lipinski definition) is 0. The maximum absolute atomic E-state index is 13.9. The van der Waals surface area contributed by atoms with Crippen LogP contribution in [0.15, 0.2) is 84.9 Å². The number of carbonyl (C=O) groups is 1. The lowest BCUT2D eigenvalue weighted by atomic mass is 9.75. The van der Waals surface area contributed by atoms with Gasteiger partial charge in [0.2, 0.25) is 0 Å². The van der Waals surface area contributed by atoms with Crippen LogP contribution in [0.3, 0.4) is 0 Å². The zero-order valence-electron chi connectivity index (χ0n) is 18.4. The second kappa shape index (κ2) is 8.18. The summed E-state index contributed by atoms with van der Waals surface area (Å²) in [5, 5.41) is 4.69. The van der Waals surface area contributed by atoms with Gasteiger partial charge in [0, 0.05) is 30.1 Å². The highest BCUT2D eigenvalue weighted by molar-refractivity contribution is 6.18. The van der Waals surface area contributed by atoms with E-state index in [9.17, 15) is 4.79 Å². The lowest BCUT2D eigenvalue weighted by Crippen LogP contribution is -2.52. The number of rotatable bonds is 4. The molecule has 2 aliphatic rings. The van der Waals surface area contributed by atoms with E-state index in [2.05, 4.69) is 89.8 Å². The number of hydrogen-bond acceptors (Lipinski definition) is 2. The third-order valence-electron chi connectivity index (χ3n) is 7.74. The van der Waals surface area contributed by atoms with Gasteiger partial charge >= 0.3 is 0 Å². The van der Waals surface area contributed by atoms with E-state index in [0.29, 0.717) is 17.9 Å². The van der Waals surface area contributed by atoms with E-state index in [1.165, 1.54) is 35.6 Å². The number of piperidine rings is 2. The molecule has 2 aliphatic heterocycles. The van der Waals surface area contributed by atoms with Crippen molar-refractivity contribution in [3.63, 3.8) is 0 Å². The summed E-state index contributed by atoms with van der Waals surface area (Å²) in [6, 6.07) is 30.9. The van der Waals surface area contributed by atoms with Gasteiger partial charge in [-0.3, -0.25) is 9.69 Å². The quantitative estimate of drug-likeness (QED) is 0.262. The smallest absolute Gasteiger partial charge is 0.166 e. The van der Waals surface area contributed by atoms with E-state index < -0.39 is 0 Å². The Hall–Kier alpha value is -2.97. The molecular weight excluding hydrogens is 390 g/mol. The summed E-state index contributed by atoms with van der Waals surface area (Å²) >= 11 is 0. The van der Waals surface area contributed by atoms with E-state index >= 15 is 0 Å². The molecule has 2 fully saturated rings. The van der Waals surface area contributed by atoms with Gasteiger partial charge in [-0.2, -0.15) is 0 Å². The summed E-state index contributed by atoms with van der Waals surface area (Å²) in [7, 11) is 0. The Kier molecular flexibility index (Phi) is 5.04. The molecule has 0 N–H and O–H groups in total. The van der Waals surface area contributed by atoms with Crippen molar-refractivity contribution in [3.05, 3.63) is 96.1 Å². The van der Waals surface area contributed by atoms with Crippen LogP contribution in [-0.2, 0) is 6.54 Å². The van der Waals surface area contributed by atoms with Crippen LogP contribution in [0.5, 0.6) is 0 Å². The highest BCUT2D eigenvalue weighted by atomic mass is 16.1. The molecule has 2 atom stereocenters. The topological polar surface area (TPSA) is 20.3 Å². The molecule has 2 heterocycles. The molecule has 2 heteroatoms. The largest absolute Gasteiger partial charge is 0.294 e. The molecule has 0 aromatic heterocycles. The van der Waals surface area contributed by atoms with Crippen molar-refractivity contribution in [2.45, 2.75) is 50.7 Å². The van der Waals surface area contributed by atoms with Crippen molar-refractivity contribution < 1.29 is 4.79 Å². The second-order valence-corrected chi connectivity index (χ2v) is 9.62. The molecule has 0 amide bonds. The van der Waals surface area contributed by atoms with Gasteiger partial charge in [-0.1, -0.05) is 85.3 Å². The van der Waals surface area contributed by atoms with Crippen LogP contribution >= 0.6 is 0 Å². The third-order valence-corrected chi connectivity index (χ3v) is 7.74. The predicted molar refractivity (Wildman–Crippen MR) is 132 cm³/mol. The number of fused-ring (bicyclic) bond motifs is 5. The molecule has 2 bridgehead atoms. The first kappa shape index (κ1) is 19.7. The number of carbonyl (C=O) groups excluding carboxylic acids is 1. The molecule has 0 spiro atoms. The first-order chi connectivity index (χ1) is 15.8. The molecule has 0 saturated carbocycles. The highest BCUT2D eigenvalue weighted by Gasteiger charge is 2.40. The fraction of sp³-hybridized carbons (Fsp3) is 0.300. The minimum Gasteiger partial charge on any atom is -0.294 e. The fourth-order valence-electron chi connectivity index (χ4n) is 6.22. The minimum atomic E-state index is 0.127. The Bertz CT molecular complexity index is 1260. The summed E-state index contributed by atoms with van der Waals surface area (Å²) in [4.78, 5) is 16.6. The zero-order chi connectivity index (χ0) is 21.5. The summed E-state index contributed by atoms with van der Waals surface area (Å²) in [6.07, 6.45) is 5.70. The molecule has 4 aromatic rings. The maximum Gasteiger partial charge on any atom is 0.166 e. The van der Waals surface area contributed by atoms with Crippen molar-refractivity contribution in [1.29, 1.82) is 0 Å². The van der Waals surface area contributed by atoms with Crippen LogP contribution in [0, 0.1) is 5.92 Å². The van der Waals surface area contributed by atoms with Gasteiger partial charge < -0.3 is 0 Å². The summed E-state index contributed by atoms with van der Waals surface area (Å²) in [5.74, 6) is 0.477. The lowest BCUT2D eigenvalue weighted by molar-refractivity contribution is 0.00912. The minimum absolute atomic E-state index is 0.127. The number of Topliss-reactive ketones (excluding diaryl/α,β-unsaturated/α-hetero) is 1. The van der Waals surface area contributed by atoms with Crippen LogP contribution in [0.25, 0.3) is 21.5 Å². The first-order valence-corrected chi connectivity index (χ1v) is 12.0. The van der Waals surface area contributed by atoms with Gasteiger partial charge in [-0.05, 0) is 58.9 Å². The SMILES string of the molecule is O=C(c1cc2ccccc2c2ccccc12)C1CC2CCCC(C1)N2Cc1ccccc1. The van der Waals surface area contributed by atoms with Gasteiger partial charge in [-0.25, -0.2) is 0 Å². The Labute approximate surface area is 189 Å². The van der Waals surface area contributed by atoms with Crippen LogP contribution in [0.4, 0.5) is 0 Å². The van der Waals surface area contributed by atoms with Crippen LogP contribution in [-0.4, -0.2) is 22.8 Å². The van der Waals surface area contributed by atoms with Gasteiger partial charge in [0.15, 0.2) is 5.78 Å². The lowest BCUT2D eigenvalue weighted by Gasteiger charge is -2.48. The van der Waals surface area contributed by atoms with Crippen molar-refractivity contribution >= 4 is 27.3 Å². The van der Waals surface area contributed by atoms with Gasteiger partial charge in [0.1, 0.15) is 0 Å². The van der Waals surface area contributed by atoms with Gasteiger partial charge in [0.25, 0.3) is 0 Å². The monoisotopic (exact) mass is 419 g/mol. The van der Waals surface area contributed by atoms with E-state index in [-0.39, 0.29) is 5.92 Å². The van der Waals surface area contributed by atoms with E-state index in [4.69, 9.17) is 0 Å². The third kappa shape index (κ3) is 3.43. The normalized spacial score (nSPS) is 23.4. The zero-order valence-corrected chi connectivity index (χ0v) is 18.4. The number of benzene rings is 4. The summed E-state index contributed by atoms with van der Waals surface area (Å²) in [5.41, 5.74) is 2.30. The van der Waals surface area contributed by atoms with E-state index in [1.54, 1.807) is 0 Å². The highest BCUT2D eigenvalue weighted by Crippen LogP contribution is 2.40. The standard InChI is InChI=1S/C30H29NO/c32-30(29-19-22-11-4-5-14-26(22)27-15-6-7-16-28(27)29)23-17-24-12-8-13-25(18-23)31(24)20-21-9-2-1-3-10-21/h1-7,9-11,14-16,19,23-25H,8,12-13,17-18,20H2. The van der Waals surface area contributed by atoms with Crippen molar-refractivity contribution in [2.75, 3.05) is 0 Å². The van der Waals surface area contributed by atoms with Crippen molar-refractivity contribution in [3.8, 4) is 0 Å². The average Bonchev–Trinajstić information content (AvgIpc) is 2.83. The molecule has 160 valence electrons. The molecule has 0 radical (unpaired) electrons. The Morgan fingerprint density at radius 3 is 2.12 bits per heavy atom. The first-order valence-electron chi connectivity index (χ1n) is 12.0. The number of nitrogens with zero attached hydrogens (tertiary/aromatic N) is 1. The Balaban J connectivity index is 1.33. The van der Waals surface area contributed by atoms with Gasteiger partial charge in [0.05, 0.1) is 0 Å². The molecule has 2 nitrogen and oxygen atoms in total. The summed E-state index contributed by atoms with van der Waals surface area (Å²) in [6.45, 7) is 1.01. The number of ketones is 1. The molecular formula is C30H29NO. The van der Waals surface area contributed by atoms with Crippen molar-refractivity contribution in [1.82, 2.24) is 4.90 Å². The summed E-state index contributed by atoms with van der Waals surface area (Å²) < 4.78 is 0. The predicted octanol–water partition coefficient (Wildman–Crippen LogP) is 7.01. The second-order valence-electron chi connectivity index (χ2n) is 9.62. The van der Waals surface area contributed by atoms with E-state index in [1.807, 2.05) is 0 Å². The van der Waals surface area contributed by atoms with Crippen LogP contribution in [0.2, 0.25) is 0 Å². The molecule has 0 aliphatic carbocycles. The fourth-order valence-corrected chi connectivity index (χ4v) is 6.22. The molecule has 6 rings (SSSR count).